The quantitative estimate of drug-likeness (QED) is 0.0152. The molecule has 60 heavy (non-hydrogen) atoms. The molecule has 0 spiro atoms. The van der Waals surface area contributed by atoms with Gasteiger partial charge in [0.2, 0.25) is 0 Å². The summed E-state index contributed by atoms with van der Waals surface area (Å²) < 4.78 is 54.0. The van der Waals surface area contributed by atoms with Gasteiger partial charge in [0, 0.05) is 12.8 Å². The molecule has 1 rings (SSSR count). The molecule has 1 heterocycles. The third-order valence-corrected chi connectivity index (χ3v) is 11.2. The van der Waals surface area contributed by atoms with Gasteiger partial charge in [0.25, 0.3) is 10.1 Å². The lowest BCUT2D eigenvalue weighted by atomic mass is 10.00. The van der Waals surface area contributed by atoms with Crippen LogP contribution in [0.15, 0.2) is 42.2 Å². The normalized spacial score (nSPS) is 20.0. The summed E-state index contributed by atoms with van der Waals surface area (Å²) in [5, 5.41) is 30.9. The number of allylic oxidation sites excluding steroid dienone is 5. The third kappa shape index (κ3) is 31.5. The van der Waals surface area contributed by atoms with Crippen LogP contribution < -0.4 is 0 Å². The van der Waals surface area contributed by atoms with Gasteiger partial charge in [-0.1, -0.05) is 134 Å². The minimum absolute atomic E-state index is 0.0956. The molecule has 1 fully saturated rings. The maximum absolute atomic E-state index is 12.8. The predicted molar refractivity (Wildman–Crippen MR) is 237 cm³/mol. The largest absolute Gasteiger partial charge is 0.462 e. The van der Waals surface area contributed by atoms with Crippen LogP contribution in [0.5, 0.6) is 0 Å². The summed E-state index contributed by atoms with van der Waals surface area (Å²) in [6.45, 7) is 3.69. The van der Waals surface area contributed by atoms with E-state index in [4.69, 9.17) is 18.9 Å². The van der Waals surface area contributed by atoms with Crippen molar-refractivity contribution in [2.45, 2.75) is 224 Å². The van der Waals surface area contributed by atoms with Crippen LogP contribution >= 0.6 is 0 Å². The van der Waals surface area contributed by atoms with Crippen molar-refractivity contribution in [1.82, 2.24) is 0 Å². The summed E-state index contributed by atoms with van der Waals surface area (Å²) in [5.41, 5.74) is 3.28. The van der Waals surface area contributed by atoms with E-state index in [1.54, 1.807) is 0 Å². The number of ether oxygens (including phenoxy) is 4. The van der Waals surface area contributed by atoms with Gasteiger partial charge in [0.15, 0.2) is 12.4 Å². The van der Waals surface area contributed by atoms with Gasteiger partial charge in [-0.2, -0.15) is 8.42 Å². The van der Waals surface area contributed by atoms with Crippen LogP contribution in [0.4, 0.5) is 0 Å². The fourth-order valence-electron chi connectivity index (χ4n) is 6.81. The molecule has 6 atom stereocenters. The van der Waals surface area contributed by atoms with E-state index in [1.165, 1.54) is 89.9 Å². The first-order valence-corrected chi connectivity index (χ1v) is 24.9. The Hall–Kier alpha value is -2.35. The van der Waals surface area contributed by atoms with Gasteiger partial charge < -0.3 is 34.3 Å². The van der Waals surface area contributed by atoms with Crippen molar-refractivity contribution in [1.29, 1.82) is 0 Å². The second-order valence-electron chi connectivity index (χ2n) is 16.2. The second-order valence-corrected chi connectivity index (χ2v) is 17.7. The molecular formula is C47H82O12S. The second kappa shape index (κ2) is 37.2. The number of hydrogen-bond acceptors (Lipinski definition) is 11. The highest BCUT2D eigenvalue weighted by atomic mass is 32.2. The van der Waals surface area contributed by atoms with Crippen molar-refractivity contribution >= 4 is 22.1 Å². The number of unbranched alkanes of at least 4 members (excludes halogenated alkanes) is 20. The molecule has 13 heteroatoms. The number of aliphatic hydroxyl groups excluding tert-OH is 3. The summed E-state index contributed by atoms with van der Waals surface area (Å²) in [6.07, 6.45) is 31.2. The van der Waals surface area contributed by atoms with E-state index in [0.29, 0.717) is 19.3 Å². The van der Waals surface area contributed by atoms with Crippen LogP contribution in [0, 0.1) is 0 Å². The Labute approximate surface area is 363 Å². The van der Waals surface area contributed by atoms with E-state index < -0.39 is 71.2 Å². The number of esters is 2. The molecule has 0 amide bonds. The zero-order valence-corrected chi connectivity index (χ0v) is 37.9. The van der Waals surface area contributed by atoms with Crippen molar-refractivity contribution in [2.75, 3.05) is 19.0 Å². The molecule has 1 aliphatic rings. The molecule has 348 valence electrons. The fourth-order valence-corrected chi connectivity index (χ4v) is 7.50. The lowest BCUT2D eigenvalue weighted by Gasteiger charge is -2.40. The van der Waals surface area contributed by atoms with Crippen molar-refractivity contribution in [3.05, 3.63) is 42.2 Å². The summed E-state index contributed by atoms with van der Waals surface area (Å²) in [5.74, 6) is -2.07. The molecule has 0 aromatic rings. The van der Waals surface area contributed by atoms with E-state index in [1.807, 2.05) is 6.08 Å². The van der Waals surface area contributed by atoms with E-state index >= 15 is 0 Å². The van der Waals surface area contributed by atoms with Gasteiger partial charge in [0.1, 0.15) is 36.8 Å². The Kier molecular flexibility index (Phi) is 34.5. The van der Waals surface area contributed by atoms with Crippen molar-refractivity contribution < 1.29 is 56.8 Å². The first-order chi connectivity index (χ1) is 29.0. The van der Waals surface area contributed by atoms with Crippen LogP contribution in [0.1, 0.15) is 187 Å². The lowest BCUT2D eigenvalue weighted by molar-refractivity contribution is -0.297. The number of rotatable bonds is 38. The molecule has 0 bridgehead atoms. The van der Waals surface area contributed by atoms with Gasteiger partial charge in [-0.3, -0.25) is 14.1 Å². The van der Waals surface area contributed by atoms with E-state index in [2.05, 4.69) is 50.0 Å². The first kappa shape index (κ1) is 55.7. The van der Waals surface area contributed by atoms with Crippen LogP contribution in [-0.4, -0.2) is 96.0 Å². The summed E-state index contributed by atoms with van der Waals surface area (Å²) >= 11 is 0. The van der Waals surface area contributed by atoms with E-state index in [-0.39, 0.29) is 19.4 Å². The SMILES string of the molecule is CCCCCCCC=C=CCCCCCCCC(=O)OC[C@H](CO[C@H]1O[C@H](CS(=O)(=O)O)[C@@H](O)C(O)C1O)OC(=O)CCC/C=C/C/C=C/CCCCCCCCCCC. The number of hydrogen-bond donors (Lipinski definition) is 4. The number of carbonyl (C=O) groups is 2. The molecule has 0 aliphatic carbocycles. The Morgan fingerprint density at radius 1 is 0.617 bits per heavy atom. The Balaban J connectivity index is 2.49. The Morgan fingerprint density at radius 3 is 1.68 bits per heavy atom. The van der Waals surface area contributed by atoms with Crippen molar-refractivity contribution in [3.8, 4) is 0 Å². The van der Waals surface area contributed by atoms with Crippen LogP contribution in [0.25, 0.3) is 0 Å². The van der Waals surface area contributed by atoms with Crippen molar-refractivity contribution in [3.63, 3.8) is 0 Å². The van der Waals surface area contributed by atoms with Crippen LogP contribution in [-0.2, 0) is 38.7 Å². The van der Waals surface area contributed by atoms with Gasteiger partial charge >= 0.3 is 11.9 Å². The molecule has 4 N–H and O–H groups in total. The van der Waals surface area contributed by atoms with E-state index in [9.17, 15) is 37.9 Å². The maximum atomic E-state index is 12.8. The minimum Gasteiger partial charge on any atom is -0.462 e. The highest BCUT2D eigenvalue weighted by Gasteiger charge is 2.46. The summed E-state index contributed by atoms with van der Waals surface area (Å²) in [6, 6.07) is 0. The fraction of sp³-hybridized carbons (Fsp3) is 0.809. The van der Waals surface area contributed by atoms with Gasteiger partial charge in [-0.05, 0) is 76.4 Å². The summed E-state index contributed by atoms with van der Waals surface area (Å²) in [7, 11) is -4.61. The summed E-state index contributed by atoms with van der Waals surface area (Å²) in [4.78, 5) is 25.4. The van der Waals surface area contributed by atoms with Gasteiger partial charge in [0.05, 0.1) is 6.61 Å². The lowest BCUT2D eigenvalue weighted by Crippen LogP contribution is -2.60. The highest BCUT2D eigenvalue weighted by molar-refractivity contribution is 7.85. The average Bonchev–Trinajstić information content (AvgIpc) is 3.21. The molecular weight excluding hydrogens is 789 g/mol. The van der Waals surface area contributed by atoms with E-state index in [0.717, 1.165) is 51.4 Å². The zero-order valence-electron chi connectivity index (χ0n) is 37.1. The molecule has 2 unspecified atom stereocenters. The monoisotopic (exact) mass is 871 g/mol. The standard InChI is InChI=1S/C47H82O12S/c1-3-5-7-9-11-13-15-17-19-20-22-24-26-28-30-32-34-36-43(49)58-40(38-57-47-46(52)45(51)44(50)41(59-47)39-60(53,54)55)37-56-42(48)35-33-31-29-27-25-23-21-18-16-14-12-10-8-6-4-2/h16,21-22,24,28,30,40-41,44-47,50-52H,3-15,17,19-20,23,25-27,29,31-39H2,1-2H3,(H,53,54,55)/b24-22+,30-28+/t18?,40-,41-,44-,45?,46?,47+/m1/s1. The maximum Gasteiger partial charge on any atom is 0.306 e. The molecule has 0 aromatic carbocycles. The van der Waals surface area contributed by atoms with Gasteiger partial charge in [-0.25, -0.2) is 0 Å². The average molecular weight is 871 g/mol. The smallest absolute Gasteiger partial charge is 0.306 e. The Bertz CT molecular complexity index is 1310. The number of aliphatic hydroxyl groups is 3. The molecule has 1 saturated heterocycles. The highest BCUT2D eigenvalue weighted by Crippen LogP contribution is 2.24. The third-order valence-electron chi connectivity index (χ3n) is 10.5. The molecule has 12 nitrogen and oxygen atoms in total. The van der Waals surface area contributed by atoms with Crippen LogP contribution in [0.2, 0.25) is 0 Å². The molecule has 0 radical (unpaired) electrons. The molecule has 1 aliphatic heterocycles. The molecule has 0 saturated carbocycles. The van der Waals surface area contributed by atoms with Crippen molar-refractivity contribution in [2.24, 2.45) is 0 Å². The Morgan fingerprint density at radius 2 is 1.12 bits per heavy atom. The topological polar surface area (TPSA) is 186 Å². The zero-order chi connectivity index (χ0) is 44.1. The minimum atomic E-state index is -4.61. The molecule has 0 aromatic heterocycles. The first-order valence-electron chi connectivity index (χ1n) is 23.3. The van der Waals surface area contributed by atoms with Crippen LogP contribution in [0.3, 0.4) is 0 Å². The number of carbonyl (C=O) groups excluding carboxylic acids is 2. The predicted octanol–water partition coefficient (Wildman–Crippen LogP) is 9.55. The van der Waals surface area contributed by atoms with Gasteiger partial charge in [-0.15, -0.1) is 5.73 Å².